The molecule has 1 heterocycles. The number of rotatable bonds is 3. The van der Waals surface area contributed by atoms with Crippen molar-refractivity contribution in [3.63, 3.8) is 0 Å². The van der Waals surface area contributed by atoms with Gasteiger partial charge in [-0.2, -0.15) is 5.10 Å². The third-order valence-corrected chi connectivity index (χ3v) is 1.89. The van der Waals surface area contributed by atoms with Crippen LogP contribution in [-0.4, -0.2) is 21.8 Å². The third-order valence-electron chi connectivity index (χ3n) is 1.69. The molecule has 0 radical (unpaired) electrons. The first kappa shape index (κ1) is 12.9. The number of aromatic nitrogens is 2. The van der Waals surface area contributed by atoms with Gasteiger partial charge in [0.1, 0.15) is 5.60 Å². The molecule has 1 aromatic heterocycles. The van der Waals surface area contributed by atoms with Crippen molar-refractivity contribution in [1.29, 1.82) is 0 Å². The summed E-state index contributed by atoms with van der Waals surface area (Å²) in [7, 11) is 0. The Morgan fingerprint density at radius 3 is 2.56 bits per heavy atom. The van der Waals surface area contributed by atoms with Crippen LogP contribution in [0.4, 0.5) is 0 Å². The molecule has 88 valence electrons. The Kier molecular flexibility index (Phi) is 4.24. The van der Waals surface area contributed by atoms with Gasteiger partial charge in [0.25, 0.3) is 0 Å². The van der Waals surface area contributed by atoms with Crippen LogP contribution in [-0.2, 0) is 16.0 Å². The van der Waals surface area contributed by atoms with Gasteiger partial charge in [-0.25, -0.2) is 0 Å². The Balaban J connectivity index is 2.40. The van der Waals surface area contributed by atoms with Crippen molar-refractivity contribution in [2.24, 2.45) is 0 Å². The maximum absolute atomic E-state index is 11.4. The average molecular weight is 243 g/mol. The Bertz CT molecular complexity index is 357. The lowest BCUT2D eigenvalue weighted by atomic mass is 10.2. The van der Waals surface area contributed by atoms with Crippen LogP contribution < -0.4 is 0 Å². The molecule has 0 N–H and O–H groups in total. The molecular weight excluding hydrogens is 228 g/mol. The van der Waals surface area contributed by atoms with E-state index in [9.17, 15) is 4.79 Å². The first-order chi connectivity index (χ1) is 7.37. The summed E-state index contributed by atoms with van der Waals surface area (Å²) in [6.07, 6.45) is 0.812. The molecule has 0 saturated carbocycles. The molecule has 0 fully saturated rings. The van der Waals surface area contributed by atoms with E-state index in [1.54, 1.807) is 12.1 Å². The molecule has 16 heavy (non-hydrogen) atoms. The summed E-state index contributed by atoms with van der Waals surface area (Å²) in [6.45, 7) is 5.52. The molecule has 0 aliphatic heterocycles. The van der Waals surface area contributed by atoms with Crippen molar-refractivity contribution >= 4 is 17.6 Å². The van der Waals surface area contributed by atoms with E-state index in [2.05, 4.69) is 10.2 Å². The van der Waals surface area contributed by atoms with Gasteiger partial charge in [0.15, 0.2) is 5.15 Å². The van der Waals surface area contributed by atoms with E-state index in [1.165, 1.54) is 0 Å². The minimum absolute atomic E-state index is 0.232. The highest BCUT2D eigenvalue weighted by Crippen LogP contribution is 2.10. The van der Waals surface area contributed by atoms with Gasteiger partial charge in [-0.1, -0.05) is 11.6 Å². The van der Waals surface area contributed by atoms with E-state index in [0.29, 0.717) is 18.0 Å². The van der Waals surface area contributed by atoms with Crippen molar-refractivity contribution in [3.05, 3.63) is 23.0 Å². The highest BCUT2D eigenvalue weighted by Gasteiger charge is 2.16. The van der Waals surface area contributed by atoms with Gasteiger partial charge in [-0.15, -0.1) is 5.10 Å². The quantitative estimate of drug-likeness (QED) is 0.764. The summed E-state index contributed by atoms with van der Waals surface area (Å²) in [4.78, 5) is 11.4. The summed E-state index contributed by atoms with van der Waals surface area (Å²) >= 11 is 5.60. The second-order valence-electron chi connectivity index (χ2n) is 4.43. The van der Waals surface area contributed by atoms with Crippen molar-refractivity contribution in [1.82, 2.24) is 10.2 Å². The number of nitrogens with zero attached hydrogens (tertiary/aromatic N) is 2. The lowest BCUT2D eigenvalue weighted by Gasteiger charge is -2.19. The zero-order valence-electron chi connectivity index (χ0n) is 9.66. The molecule has 0 amide bonds. The predicted octanol–water partition coefficient (Wildman–Crippen LogP) is 2.40. The van der Waals surface area contributed by atoms with Crippen molar-refractivity contribution in [2.45, 2.75) is 39.2 Å². The molecule has 1 aromatic rings. The Morgan fingerprint density at radius 1 is 1.38 bits per heavy atom. The summed E-state index contributed by atoms with van der Waals surface area (Å²) in [5, 5.41) is 7.90. The molecule has 0 bridgehead atoms. The first-order valence-electron chi connectivity index (χ1n) is 5.07. The van der Waals surface area contributed by atoms with E-state index >= 15 is 0 Å². The standard InChI is InChI=1S/C11H15ClN2O2/c1-11(2,3)16-10(15)7-5-8-4-6-9(12)14-13-8/h4,6H,5,7H2,1-3H3. The molecule has 0 saturated heterocycles. The molecule has 0 unspecified atom stereocenters. The number of carbonyl (C=O) groups excluding carboxylic acids is 1. The molecular formula is C11H15ClN2O2. The van der Waals surface area contributed by atoms with Crippen LogP contribution in [0, 0.1) is 0 Å². The van der Waals surface area contributed by atoms with E-state index in [-0.39, 0.29) is 5.97 Å². The van der Waals surface area contributed by atoms with Gasteiger partial charge < -0.3 is 4.74 Å². The summed E-state index contributed by atoms with van der Waals surface area (Å²) < 4.78 is 5.17. The average Bonchev–Trinajstić information content (AvgIpc) is 2.14. The molecule has 0 aliphatic carbocycles. The fourth-order valence-electron chi connectivity index (χ4n) is 1.10. The van der Waals surface area contributed by atoms with Gasteiger partial charge in [-0.3, -0.25) is 4.79 Å². The van der Waals surface area contributed by atoms with Crippen LogP contribution in [0.15, 0.2) is 12.1 Å². The van der Waals surface area contributed by atoms with Crippen LogP contribution in [0.1, 0.15) is 32.9 Å². The molecule has 0 aromatic carbocycles. The Labute approximate surface area is 100.0 Å². The molecule has 0 atom stereocenters. The molecule has 1 rings (SSSR count). The monoisotopic (exact) mass is 242 g/mol. The Morgan fingerprint density at radius 2 is 2.06 bits per heavy atom. The Hall–Kier alpha value is -1.16. The summed E-state index contributed by atoms with van der Waals surface area (Å²) in [5.41, 5.74) is 0.290. The van der Waals surface area contributed by atoms with Crippen molar-refractivity contribution < 1.29 is 9.53 Å². The van der Waals surface area contributed by atoms with Crippen LogP contribution in [0.2, 0.25) is 5.15 Å². The minimum atomic E-state index is -0.442. The number of esters is 1. The maximum Gasteiger partial charge on any atom is 0.306 e. The molecule has 0 aliphatic rings. The summed E-state index contributed by atoms with van der Waals surface area (Å²) in [5.74, 6) is -0.232. The topological polar surface area (TPSA) is 52.1 Å². The number of hydrogen-bond acceptors (Lipinski definition) is 4. The summed E-state index contributed by atoms with van der Waals surface area (Å²) in [6, 6.07) is 3.40. The fraction of sp³-hybridized carbons (Fsp3) is 0.545. The van der Waals surface area contributed by atoms with Crippen LogP contribution in [0.25, 0.3) is 0 Å². The predicted molar refractivity (Wildman–Crippen MR) is 61.2 cm³/mol. The zero-order valence-corrected chi connectivity index (χ0v) is 10.4. The zero-order chi connectivity index (χ0) is 12.2. The molecule has 5 heteroatoms. The highest BCUT2D eigenvalue weighted by atomic mass is 35.5. The minimum Gasteiger partial charge on any atom is -0.460 e. The largest absolute Gasteiger partial charge is 0.460 e. The van der Waals surface area contributed by atoms with Gasteiger partial charge in [0, 0.05) is 6.42 Å². The lowest BCUT2D eigenvalue weighted by Crippen LogP contribution is -2.24. The third kappa shape index (κ3) is 5.07. The maximum atomic E-state index is 11.4. The second kappa shape index (κ2) is 5.25. The van der Waals surface area contributed by atoms with E-state index < -0.39 is 5.60 Å². The van der Waals surface area contributed by atoms with Gasteiger partial charge >= 0.3 is 5.97 Å². The van der Waals surface area contributed by atoms with Gasteiger partial charge in [-0.05, 0) is 32.9 Å². The highest BCUT2D eigenvalue weighted by molar-refractivity contribution is 6.29. The van der Waals surface area contributed by atoms with Crippen LogP contribution in [0.3, 0.4) is 0 Å². The number of ether oxygens (including phenoxy) is 1. The number of hydrogen-bond donors (Lipinski definition) is 0. The first-order valence-corrected chi connectivity index (χ1v) is 5.44. The second-order valence-corrected chi connectivity index (χ2v) is 4.82. The van der Waals surface area contributed by atoms with Crippen LogP contribution >= 0.6 is 11.6 Å². The number of carbonyl (C=O) groups is 1. The van der Waals surface area contributed by atoms with E-state index in [1.807, 2.05) is 20.8 Å². The normalized spacial score (nSPS) is 11.2. The van der Waals surface area contributed by atoms with E-state index in [0.717, 1.165) is 5.69 Å². The number of aryl methyl sites for hydroxylation is 1. The van der Waals surface area contributed by atoms with E-state index in [4.69, 9.17) is 16.3 Å². The van der Waals surface area contributed by atoms with Gasteiger partial charge in [0.2, 0.25) is 0 Å². The molecule has 0 spiro atoms. The lowest BCUT2D eigenvalue weighted by molar-refractivity contribution is -0.154. The fourth-order valence-corrected chi connectivity index (χ4v) is 1.20. The van der Waals surface area contributed by atoms with Gasteiger partial charge in [0.05, 0.1) is 12.1 Å². The smallest absolute Gasteiger partial charge is 0.306 e. The SMILES string of the molecule is CC(C)(C)OC(=O)CCc1ccc(Cl)nn1. The van der Waals surface area contributed by atoms with Crippen LogP contribution in [0.5, 0.6) is 0 Å². The van der Waals surface area contributed by atoms with Crippen molar-refractivity contribution in [2.75, 3.05) is 0 Å². The van der Waals surface area contributed by atoms with Crippen molar-refractivity contribution in [3.8, 4) is 0 Å². The molecule has 4 nitrogen and oxygen atoms in total. The number of halogens is 1.